The number of carbonyl (C=O) groups is 1. The van der Waals surface area contributed by atoms with Crippen molar-refractivity contribution in [2.75, 3.05) is 25.0 Å². The second-order valence-electron chi connectivity index (χ2n) is 7.12. The lowest BCUT2D eigenvalue weighted by Crippen LogP contribution is -2.40. The van der Waals surface area contributed by atoms with Crippen LogP contribution in [0.2, 0.25) is 0 Å². The number of aryl methyl sites for hydroxylation is 2. The molecule has 0 bridgehead atoms. The molecule has 26 heavy (non-hydrogen) atoms. The highest BCUT2D eigenvalue weighted by molar-refractivity contribution is 5.74. The molecule has 2 N–H and O–H groups in total. The van der Waals surface area contributed by atoms with E-state index >= 15 is 0 Å². The first-order valence-corrected chi connectivity index (χ1v) is 9.62. The Balaban J connectivity index is 1.31. The van der Waals surface area contributed by atoms with E-state index < -0.39 is 0 Å². The van der Waals surface area contributed by atoms with Gasteiger partial charge in [-0.1, -0.05) is 30.3 Å². The summed E-state index contributed by atoms with van der Waals surface area (Å²) in [5.74, 6) is 1.02. The van der Waals surface area contributed by atoms with Gasteiger partial charge in [-0.2, -0.15) is 0 Å². The Morgan fingerprint density at radius 2 is 1.92 bits per heavy atom. The number of amides is 2. The first kappa shape index (κ1) is 16.9. The van der Waals surface area contributed by atoms with Crippen LogP contribution in [0.5, 0.6) is 0 Å². The van der Waals surface area contributed by atoms with Crippen LogP contribution in [0.15, 0.2) is 36.4 Å². The maximum atomic E-state index is 12.6. The molecule has 4 rings (SSSR count). The van der Waals surface area contributed by atoms with Crippen molar-refractivity contribution in [2.45, 2.75) is 38.6 Å². The maximum Gasteiger partial charge on any atom is 0.317 e. The van der Waals surface area contributed by atoms with Crippen molar-refractivity contribution in [1.29, 1.82) is 0 Å². The molecule has 1 aromatic heterocycles. The van der Waals surface area contributed by atoms with E-state index in [4.69, 9.17) is 4.98 Å². The molecular weight excluding hydrogens is 324 g/mol. The first-order chi connectivity index (χ1) is 12.8. The van der Waals surface area contributed by atoms with Gasteiger partial charge in [0, 0.05) is 38.3 Å². The summed E-state index contributed by atoms with van der Waals surface area (Å²) in [5, 5.41) is 6.43. The van der Waals surface area contributed by atoms with Crippen LogP contribution in [0.3, 0.4) is 0 Å². The number of aromatic nitrogens is 1. The Bertz CT molecular complexity index is 789. The van der Waals surface area contributed by atoms with Crippen molar-refractivity contribution in [2.24, 2.45) is 0 Å². The summed E-state index contributed by atoms with van der Waals surface area (Å²) >= 11 is 0. The zero-order valence-corrected chi connectivity index (χ0v) is 15.1. The lowest BCUT2D eigenvalue weighted by molar-refractivity contribution is 0.196. The summed E-state index contributed by atoms with van der Waals surface area (Å²) in [4.78, 5) is 19.2. The van der Waals surface area contributed by atoms with Gasteiger partial charge in [-0.3, -0.25) is 0 Å². The Morgan fingerprint density at radius 3 is 2.85 bits per heavy atom. The highest BCUT2D eigenvalue weighted by Gasteiger charge is 2.18. The van der Waals surface area contributed by atoms with Gasteiger partial charge in [0.2, 0.25) is 0 Å². The van der Waals surface area contributed by atoms with E-state index in [9.17, 15) is 4.79 Å². The summed E-state index contributed by atoms with van der Waals surface area (Å²) in [6.45, 7) is 3.12. The van der Waals surface area contributed by atoms with Crippen molar-refractivity contribution in [3.8, 4) is 0 Å². The van der Waals surface area contributed by atoms with E-state index in [2.05, 4.69) is 47.0 Å². The minimum Gasteiger partial charge on any atom is -0.370 e. The summed E-state index contributed by atoms with van der Waals surface area (Å²) in [7, 11) is 0. The molecule has 0 fully saturated rings. The standard InChI is InChI=1S/C21H26N4O/c26-21(25-14-4-8-16-5-1-2-6-18(16)15-25)23-13-11-19-10-9-17-7-3-12-22-20(17)24-19/h1-2,5-6,9-10H,3-4,7-8,11-15H2,(H,22,24)(H,23,26). The lowest BCUT2D eigenvalue weighted by atomic mass is 10.0. The second kappa shape index (κ2) is 7.77. The normalized spacial score (nSPS) is 16.1. The van der Waals surface area contributed by atoms with Gasteiger partial charge in [0.25, 0.3) is 0 Å². The fourth-order valence-electron chi connectivity index (χ4n) is 3.79. The van der Waals surface area contributed by atoms with Gasteiger partial charge in [0.15, 0.2) is 0 Å². The molecule has 5 heteroatoms. The second-order valence-corrected chi connectivity index (χ2v) is 7.12. The fourth-order valence-corrected chi connectivity index (χ4v) is 3.79. The fraction of sp³-hybridized carbons (Fsp3) is 0.429. The maximum absolute atomic E-state index is 12.6. The van der Waals surface area contributed by atoms with E-state index in [1.54, 1.807) is 0 Å². The Labute approximate surface area is 154 Å². The molecule has 0 spiro atoms. The highest BCUT2D eigenvalue weighted by Crippen LogP contribution is 2.20. The predicted molar refractivity (Wildman–Crippen MR) is 103 cm³/mol. The summed E-state index contributed by atoms with van der Waals surface area (Å²) < 4.78 is 0. The van der Waals surface area contributed by atoms with Crippen molar-refractivity contribution in [1.82, 2.24) is 15.2 Å². The average molecular weight is 350 g/mol. The number of anilines is 1. The molecule has 5 nitrogen and oxygen atoms in total. The van der Waals surface area contributed by atoms with Gasteiger partial charge in [-0.05, 0) is 48.4 Å². The average Bonchev–Trinajstić information content (AvgIpc) is 2.90. The highest BCUT2D eigenvalue weighted by atomic mass is 16.2. The zero-order valence-electron chi connectivity index (χ0n) is 15.1. The van der Waals surface area contributed by atoms with E-state index in [1.807, 2.05) is 4.90 Å². The van der Waals surface area contributed by atoms with E-state index in [-0.39, 0.29) is 6.03 Å². The number of urea groups is 1. The number of hydrogen-bond donors (Lipinski definition) is 2. The number of nitrogens with one attached hydrogen (secondary N) is 2. The summed E-state index contributed by atoms with van der Waals surface area (Å²) in [5.41, 5.74) is 4.96. The minimum atomic E-state index is 0.0257. The summed E-state index contributed by atoms with van der Waals surface area (Å²) in [6, 6.07) is 12.7. The van der Waals surface area contributed by atoms with Crippen LogP contribution < -0.4 is 10.6 Å². The van der Waals surface area contributed by atoms with Crippen molar-refractivity contribution >= 4 is 11.8 Å². The van der Waals surface area contributed by atoms with Crippen LogP contribution >= 0.6 is 0 Å². The Kier molecular flexibility index (Phi) is 5.04. The third kappa shape index (κ3) is 3.82. The molecule has 1 aromatic carbocycles. The smallest absolute Gasteiger partial charge is 0.317 e. The molecule has 0 unspecified atom stereocenters. The van der Waals surface area contributed by atoms with Crippen LogP contribution in [0, 0.1) is 0 Å². The monoisotopic (exact) mass is 350 g/mol. The van der Waals surface area contributed by atoms with Crippen LogP contribution in [0.4, 0.5) is 10.6 Å². The molecule has 3 heterocycles. The number of nitrogens with zero attached hydrogens (tertiary/aromatic N) is 2. The van der Waals surface area contributed by atoms with Gasteiger partial charge in [-0.15, -0.1) is 0 Å². The molecule has 2 aliphatic heterocycles. The van der Waals surface area contributed by atoms with Gasteiger partial charge >= 0.3 is 6.03 Å². The van der Waals surface area contributed by atoms with Crippen molar-refractivity contribution in [3.05, 3.63) is 58.8 Å². The number of fused-ring (bicyclic) bond motifs is 2. The van der Waals surface area contributed by atoms with Crippen LogP contribution in [0.25, 0.3) is 0 Å². The van der Waals surface area contributed by atoms with E-state index in [1.165, 1.54) is 23.1 Å². The largest absolute Gasteiger partial charge is 0.370 e. The van der Waals surface area contributed by atoms with Gasteiger partial charge in [0.05, 0.1) is 0 Å². The minimum absolute atomic E-state index is 0.0257. The molecule has 0 atom stereocenters. The number of pyridine rings is 1. The van der Waals surface area contributed by atoms with Crippen molar-refractivity contribution < 1.29 is 4.79 Å². The number of rotatable bonds is 3. The van der Waals surface area contributed by atoms with Crippen LogP contribution in [-0.4, -0.2) is 35.5 Å². The molecule has 0 aliphatic carbocycles. The molecule has 2 aliphatic rings. The topological polar surface area (TPSA) is 57.3 Å². The van der Waals surface area contributed by atoms with E-state index in [0.29, 0.717) is 13.1 Å². The van der Waals surface area contributed by atoms with Gasteiger partial charge in [0.1, 0.15) is 5.82 Å². The lowest BCUT2D eigenvalue weighted by Gasteiger charge is -2.21. The molecular formula is C21H26N4O. The summed E-state index contributed by atoms with van der Waals surface area (Å²) in [6.07, 6.45) is 5.09. The van der Waals surface area contributed by atoms with Crippen molar-refractivity contribution in [3.63, 3.8) is 0 Å². The predicted octanol–water partition coefficient (Wildman–Crippen LogP) is 3.14. The molecule has 136 valence electrons. The van der Waals surface area contributed by atoms with Gasteiger partial charge < -0.3 is 15.5 Å². The van der Waals surface area contributed by atoms with Gasteiger partial charge in [-0.25, -0.2) is 9.78 Å². The molecule has 0 radical (unpaired) electrons. The number of hydrogen-bond acceptors (Lipinski definition) is 3. The first-order valence-electron chi connectivity index (χ1n) is 9.62. The van der Waals surface area contributed by atoms with Crippen LogP contribution in [0.1, 0.15) is 35.2 Å². The number of carbonyl (C=O) groups excluding carboxylic acids is 1. The Hall–Kier alpha value is -2.56. The van der Waals surface area contributed by atoms with E-state index in [0.717, 1.165) is 50.3 Å². The zero-order chi connectivity index (χ0) is 17.8. The molecule has 0 saturated carbocycles. The third-order valence-electron chi connectivity index (χ3n) is 5.25. The number of benzene rings is 1. The quantitative estimate of drug-likeness (QED) is 0.894. The Morgan fingerprint density at radius 1 is 1.08 bits per heavy atom. The molecule has 2 amide bonds. The van der Waals surface area contributed by atoms with Crippen LogP contribution in [-0.2, 0) is 25.8 Å². The third-order valence-corrected chi connectivity index (χ3v) is 5.25. The molecule has 0 saturated heterocycles. The SMILES string of the molecule is O=C(NCCc1ccc2c(n1)NCCC2)N1CCCc2ccccc2C1. The molecule has 2 aromatic rings.